The van der Waals surface area contributed by atoms with Gasteiger partial charge < -0.3 is 0 Å². The van der Waals surface area contributed by atoms with E-state index in [0.717, 1.165) is 10.0 Å². The standard InChI is InChI=1S/C12H10BrF3O2/c1-6-4-9(13)7(2)3-8(6)10(17)5-11(18)12(14,15)16/h3-4H,5H2,1-2H3. The molecule has 0 radical (unpaired) electrons. The van der Waals surface area contributed by atoms with E-state index in [0.29, 0.717) is 5.56 Å². The molecule has 98 valence electrons. The van der Waals surface area contributed by atoms with E-state index < -0.39 is 24.2 Å². The molecule has 0 bridgehead atoms. The van der Waals surface area contributed by atoms with E-state index in [2.05, 4.69) is 15.9 Å². The maximum Gasteiger partial charge on any atom is 0.450 e. The molecular formula is C12H10BrF3O2. The van der Waals surface area contributed by atoms with E-state index in [9.17, 15) is 22.8 Å². The van der Waals surface area contributed by atoms with E-state index in [1.54, 1.807) is 19.9 Å². The second kappa shape index (κ2) is 5.22. The number of hydrogen-bond donors (Lipinski definition) is 0. The third-order valence-electron chi connectivity index (χ3n) is 2.44. The molecule has 0 amide bonds. The van der Waals surface area contributed by atoms with Gasteiger partial charge in [-0.2, -0.15) is 13.2 Å². The van der Waals surface area contributed by atoms with Crippen LogP contribution in [0.5, 0.6) is 0 Å². The highest BCUT2D eigenvalue weighted by Crippen LogP contribution is 2.24. The second-order valence-electron chi connectivity index (χ2n) is 3.94. The summed E-state index contributed by atoms with van der Waals surface area (Å²) < 4.78 is 36.9. The van der Waals surface area contributed by atoms with Crippen LogP contribution in [-0.2, 0) is 4.79 Å². The van der Waals surface area contributed by atoms with Crippen LogP contribution in [0.2, 0.25) is 0 Å². The fourth-order valence-corrected chi connectivity index (χ4v) is 1.88. The van der Waals surface area contributed by atoms with Crippen molar-refractivity contribution in [3.8, 4) is 0 Å². The summed E-state index contributed by atoms with van der Waals surface area (Å²) in [6.45, 7) is 3.32. The van der Waals surface area contributed by atoms with E-state index in [1.165, 1.54) is 6.07 Å². The number of ketones is 2. The van der Waals surface area contributed by atoms with Crippen LogP contribution in [0.15, 0.2) is 16.6 Å². The molecule has 0 spiro atoms. The summed E-state index contributed by atoms with van der Waals surface area (Å²) in [5, 5.41) is 0. The van der Waals surface area contributed by atoms with E-state index >= 15 is 0 Å². The van der Waals surface area contributed by atoms with Crippen molar-refractivity contribution >= 4 is 27.5 Å². The smallest absolute Gasteiger partial charge is 0.294 e. The Bertz CT molecular complexity index is 507. The number of alkyl halides is 3. The molecule has 0 aliphatic carbocycles. The largest absolute Gasteiger partial charge is 0.450 e. The molecule has 0 aliphatic rings. The Kier molecular flexibility index (Phi) is 4.32. The van der Waals surface area contributed by atoms with Crippen LogP contribution in [0.3, 0.4) is 0 Å². The molecule has 2 nitrogen and oxygen atoms in total. The van der Waals surface area contributed by atoms with Gasteiger partial charge in [0, 0.05) is 10.0 Å². The fraction of sp³-hybridized carbons (Fsp3) is 0.333. The summed E-state index contributed by atoms with van der Waals surface area (Å²) in [5.41, 5.74) is 1.41. The number of hydrogen-bond acceptors (Lipinski definition) is 2. The van der Waals surface area contributed by atoms with Crippen LogP contribution in [0, 0.1) is 13.8 Å². The highest BCUT2D eigenvalue weighted by atomic mass is 79.9. The summed E-state index contributed by atoms with van der Waals surface area (Å²) in [4.78, 5) is 22.4. The molecule has 6 heteroatoms. The Morgan fingerprint density at radius 1 is 1.17 bits per heavy atom. The molecule has 0 saturated carbocycles. The van der Waals surface area contributed by atoms with Crippen LogP contribution in [0.4, 0.5) is 13.2 Å². The molecule has 1 rings (SSSR count). The van der Waals surface area contributed by atoms with Crippen molar-refractivity contribution < 1.29 is 22.8 Å². The molecule has 1 aromatic rings. The van der Waals surface area contributed by atoms with Gasteiger partial charge in [-0.05, 0) is 37.1 Å². The predicted octanol–water partition coefficient (Wildman–Crippen LogP) is 3.77. The molecule has 1 aromatic carbocycles. The van der Waals surface area contributed by atoms with Gasteiger partial charge in [0.15, 0.2) is 5.78 Å². The Morgan fingerprint density at radius 2 is 1.72 bits per heavy atom. The van der Waals surface area contributed by atoms with Crippen LogP contribution in [-0.4, -0.2) is 17.7 Å². The molecule has 0 N–H and O–H groups in total. The van der Waals surface area contributed by atoms with Gasteiger partial charge in [0.05, 0.1) is 6.42 Å². The average Bonchev–Trinajstić information content (AvgIpc) is 2.21. The molecule has 0 atom stereocenters. The van der Waals surface area contributed by atoms with Gasteiger partial charge in [-0.1, -0.05) is 15.9 Å². The number of aryl methyl sites for hydroxylation is 2. The van der Waals surface area contributed by atoms with E-state index in [1.807, 2.05) is 0 Å². The zero-order valence-electron chi connectivity index (χ0n) is 9.69. The van der Waals surface area contributed by atoms with Crippen molar-refractivity contribution in [1.82, 2.24) is 0 Å². The Balaban J connectivity index is 2.99. The third-order valence-corrected chi connectivity index (χ3v) is 3.30. The van der Waals surface area contributed by atoms with Gasteiger partial charge in [-0.15, -0.1) is 0 Å². The number of Topliss-reactive ketones (excluding diaryl/α,β-unsaturated/α-hetero) is 2. The highest BCUT2D eigenvalue weighted by Gasteiger charge is 2.39. The lowest BCUT2D eigenvalue weighted by atomic mass is 9.99. The van der Waals surface area contributed by atoms with E-state index in [-0.39, 0.29) is 5.56 Å². The van der Waals surface area contributed by atoms with Crippen molar-refractivity contribution in [2.75, 3.05) is 0 Å². The average molecular weight is 323 g/mol. The van der Waals surface area contributed by atoms with Crippen molar-refractivity contribution in [3.63, 3.8) is 0 Å². The van der Waals surface area contributed by atoms with E-state index in [4.69, 9.17) is 0 Å². The Hall–Kier alpha value is -1.17. The minimum atomic E-state index is -4.96. The van der Waals surface area contributed by atoms with Gasteiger partial charge in [0.2, 0.25) is 5.78 Å². The number of halogens is 4. The van der Waals surface area contributed by atoms with Gasteiger partial charge in [-0.25, -0.2) is 0 Å². The lowest BCUT2D eigenvalue weighted by Crippen LogP contribution is -2.25. The van der Waals surface area contributed by atoms with Crippen LogP contribution >= 0.6 is 15.9 Å². The number of benzene rings is 1. The van der Waals surface area contributed by atoms with Gasteiger partial charge >= 0.3 is 6.18 Å². The van der Waals surface area contributed by atoms with Gasteiger partial charge in [-0.3, -0.25) is 9.59 Å². The molecule has 0 fully saturated rings. The molecule has 0 aromatic heterocycles. The highest BCUT2D eigenvalue weighted by molar-refractivity contribution is 9.10. The van der Waals surface area contributed by atoms with Crippen molar-refractivity contribution in [3.05, 3.63) is 33.3 Å². The minimum absolute atomic E-state index is 0.147. The molecule has 0 saturated heterocycles. The predicted molar refractivity (Wildman–Crippen MR) is 63.6 cm³/mol. The zero-order chi connectivity index (χ0) is 14.1. The summed E-state index contributed by atoms with van der Waals surface area (Å²) in [6.07, 6.45) is -6.11. The summed E-state index contributed by atoms with van der Waals surface area (Å²) >= 11 is 3.25. The fourth-order valence-electron chi connectivity index (χ4n) is 1.42. The first-order valence-electron chi connectivity index (χ1n) is 5.03. The van der Waals surface area contributed by atoms with Gasteiger partial charge in [0.1, 0.15) is 0 Å². The Labute approximate surface area is 110 Å². The SMILES string of the molecule is Cc1cc(C(=O)CC(=O)C(F)(F)F)c(C)cc1Br. The number of rotatable bonds is 3. The number of carbonyl (C=O) groups excluding carboxylic acids is 2. The van der Waals surface area contributed by atoms with Crippen molar-refractivity contribution in [2.24, 2.45) is 0 Å². The maximum atomic E-state index is 12.1. The van der Waals surface area contributed by atoms with Crippen LogP contribution < -0.4 is 0 Å². The quantitative estimate of drug-likeness (QED) is 0.627. The molecule has 0 heterocycles. The first kappa shape index (κ1) is 14.9. The monoisotopic (exact) mass is 322 g/mol. The summed E-state index contributed by atoms with van der Waals surface area (Å²) in [7, 11) is 0. The second-order valence-corrected chi connectivity index (χ2v) is 4.79. The lowest BCUT2D eigenvalue weighted by Gasteiger charge is -2.09. The topological polar surface area (TPSA) is 34.1 Å². The normalized spacial score (nSPS) is 11.4. The zero-order valence-corrected chi connectivity index (χ0v) is 11.3. The maximum absolute atomic E-state index is 12.1. The van der Waals surface area contributed by atoms with Crippen LogP contribution in [0.25, 0.3) is 0 Å². The Morgan fingerprint density at radius 3 is 2.22 bits per heavy atom. The van der Waals surface area contributed by atoms with Crippen molar-refractivity contribution in [2.45, 2.75) is 26.4 Å². The summed E-state index contributed by atoms with van der Waals surface area (Å²) in [5.74, 6) is -2.84. The summed E-state index contributed by atoms with van der Waals surface area (Å²) in [6, 6.07) is 3.12. The van der Waals surface area contributed by atoms with Crippen molar-refractivity contribution in [1.29, 1.82) is 0 Å². The minimum Gasteiger partial charge on any atom is -0.294 e. The number of carbonyl (C=O) groups is 2. The molecular weight excluding hydrogens is 313 g/mol. The first-order chi connectivity index (χ1) is 8.12. The van der Waals surface area contributed by atoms with Crippen LogP contribution in [0.1, 0.15) is 27.9 Å². The molecule has 18 heavy (non-hydrogen) atoms. The first-order valence-corrected chi connectivity index (χ1v) is 5.82. The molecule has 0 unspecified atom stereocenters. The lowest BCUT2D eigenvalue weighted by molar-refractivity contribution is -0.170. The van der Waals surface area contributed by atoms with Gasteiger partial charge in [0.25, 0.3) is 0 Å². The third kappa shape index (κ3) is 3.41. The molecule has 0 aliphatic heterocycles.